The van der Waals surface area contributed by atoms with E-state index in [-0.39, 0.29) is 17.4 Å². The number of amides is 2. The second-order valence-corrected chi connectivity index (χ2v) is 7.94. The molecule has 4 rings (SSSR count). The van der Waals surface area contributed by atoms with Crippen LogP contribution in [0.4, 0.5) is 5.69 Å². The first-order valence-corrected chi connectivity index (χ1v) is 9.82. The zero-order valence-electron chi connectivity index (χ0n) is 15.9. The molecule has 2 N–H and O–H groups in total. The first-order valence-electron chi connectivity index (χ1n) is 9.82. The van der Waals surface area contributed by atoms with Gasteiger partial charge in [0, 0.05) is 23.2 Å². The molecule has 0 aliphatic carbocycles. The number of anilines is 1. The standard InChI is InChI=1S/C22H26N2O3/c1-3-4-10-22(11-14(2)12-27-22)13-23-17-9-8-15-6-5-7-16-18(15)19(17)21(26)24-20(16)25/h5-9,14,23H,3-4,10-13H2,1-2H3,(H,24,25,26). The van der Waals surface area contributed by atoms with E-state index in [1.807, 2.05) is 24.3 Å². The lowest BCUT2D eigenvalue weighted by atomic mass is 9.89. The average Bonchev–Trinajstić information content (AvgIpc) is 3.04. The van der Waals surface area contributed by atoms with Crippen LogP contribution in [0.1, 0.15) is 60.2 Å². The van der Waals surface area contributed by atoms with E-state index in [1.54, 1.807) is 6.07 Å². The van der Waals surface area contributed by atoms with Crippen LogP contribution in [0.5, 0.6) is 0 Å². The zero-order chi connectivity index (χ0) is 19.0. The second kappa shape index (κ2) is 6.97. The molecule has 0 bridgehead atoms. The van der Waals surface area contributed by atoms with Crippen molar-refractivity contribution in [2.75, 3.05) is 18.5 Å². The predicted octanol–water partition coefficient (Wildman–Crippen LogP) is 4.12. The molecule has 27 heavy (non-hydrogen) atoms. The Kier molecular flexibility index (Phi) is 4.64. The Morgan fingerprint density at radius 2 is 2.07 bits per heavy atom. The number of carbonyl (C=O) groups excluding carboxylic acids is 2. The number of nitrogens with one attached hydrogen (secondary N) is 2. The monoisotopic (exact) mass is 366 g/mol. The molecule has 142 valence electrons. The van der Waals surface area contributed by atoms with Crippen LogP contribution in [-0.4, -0.2) is 30.6 Å². The van der Waals surface area contributed by atoms with E-state index < -0.39 is 0 Å². The lowest BCUT2D eigenvalue weighted by Crippen LogP contribution is -2.38. The molecule has 0 radical (unpaired) electrons. The van der Waals surface area contributed by atoms with Crippen LogP contribution in [0.3, 0.4) is 0 Å². The highest BCUT2D eigenvalue weighted by atomic mass is 16.5. The van der Waals surface area contributed by atoms with Gasteiger partial charge in [-0.15, -0.1) is 0 Å². The van der Waals surface area contributed by atoms with E-state index in [2.05, 4.69) is 24.5 Å². The summed E-state index contributed by atoms with van der Waals surface area (Å²) < 4.78 is 6.20. The van der Waals surface area contributed by atoms with E-state index in [0.717, 1.165) is 48.8 Å². The van der Waals surface area contributed by atoms with Gasteiger partial charge >= 0.3 is 0 Å². The number of ether oxygens (including phenoxy) is 1. The van der Waals surface area contributed by atoms with Gasteiger partial charge in [-0.3, -0.25) is 14.9 Å². The van der Waals surface area contributed by atoms with Gasteiger partial charge in [0.25, 0.3) is 11.8 Å². The molecular formula is C22H26N2O3. The van der Waals surface area contributed by atoms with Gasteiger partial charge in [-0.05, 0) is 36.3 Å². The fraction of sp³-hybridized carbons (Fsp3) is 0.455. The lowest BCUT2D eigenvalue weighted by molar-refractivity contribution is 0.00583. The van der Waals surface area contributed by atoms with Crippen LogP contribution in [0.25, 0.3) is 10.8 Å². The van der Waals surface area contributed by atoms with Crippen molar-refractivity contribution >= 4 is 28.3 Å². The highest BCUT2D eigenvalue weighted by Crippen LogP contribution is 2.36. The molecule has 2 aliphatic rings. The number of rotatable bonds is 6. The van der Waals surface area contributed by atoms with Gasteiger partial charge in [0.05, 0.1) is 17.8 Å². The third-order valence-electron chi connectivity index (χ3n) is 5.73. The molecule has 1 saturated heterocycles. The molecule has 2 aromatic carbocycles. The summed E-state index contributed by atoms with van der Waals surface area (Å²) in [5, 5.41) is 7.58. The summed E-state index contributed by atoms with van der Waals surface area (Å²) in [5.74, 6) is -0.121. The highest BCUT2D eigenvalue weighted by Gasteiger charge is 2.38. The maximum atomic E-state index is 12.6. The molecule has 0 aromatic heterocycles. The molecular weight excluding hydrogens is 340 g/mol. The summed E-state index contributed by atoms with van der Waals surface area (Å²) in [6.45, 7) is 5.86. The van der Waals surface area contributed by atoms with Crippen LogP contribution in [0, 0.1) is 5.92 Å². The van der Waals surface area contributed by atoms with Crippen molar-refractivity contribution in [3.63, 3.8) is 0 Å². The molecule has 5 heteroatoms. The average molecular weight is 366 g/mol. The number of carbonyl (C=O) groups is 2. The maximum absolute atomic E-state index is 12.6. The van der Waals surface area contributed by atoms with Gasteiger partial charge in [0.2, 0.25) is 0 Å². The molecule has 2 amide bonds. The third-order valence-corrected chi connectivity index (χ3v) is 5.73. The van der Waals surface area contributed by atoms with E-state index >= 15 is 0 Å². The molecule has 2 aliphatic heterocycles. The summed E-state index contributed by atoms with van der Waals surface area (Å²) in [5.41, 5.74) is 1.69. The minimum atomic E-state index is -0.338. The first kappa shape index (κ1) is 18.0. The summed E-state index contributed by atoms with van der Waals surface area (Å²) in [6.07, 6.45) is 4.30. The Bertz CT molecular complexity index is 908. The fourth-order valence-electron chi connectivity index (χ4n) is 4.40. The fourth-order valence-corrected chi connectivity index (χ4v) is 4.40. The highest BCUT2D eigenvalue weighted by molar-refractivity contribution is 6.27. The normalized spacial score (nSPS) is 24.3. The summed E-state index contributed by atoms with van der Waals surface area (Å²) in [4.78, 5) is 24.8. The quantitative estimate of drug-likeness (QED) is 0.755. The summed E-state index contributed by atoms with van der Waals surface area (Å²) in [6, 6.07) is 9.44. The Balaban J connectivity index is 1.68. The van der Waals surface area contributed by atoms with Crippen molar-refractivity contribution in [1.29, 1.82) is 0 Å². The van der Waals surface area contributed by atoms with Crippen molar-refractivity contribution in [3.05, 3.63) is 41.5 Å². The van der Waals surface area contributed by atoms with E-state index in [9.17, 15) is 9.59 Å². The summed E-state index contributed by atoms with van der Waals surface area (Å²) >= 11 is 0. The minimum absolute atomic E-state index is 0.183. The van der Waals surface area contributed by atoms with Crippen molar-refractivity contribution in [2.45, 2.75) is 45.1 Å². The van der Waals surface area contributed by atoms with Gasteiger partial charge in [0.1, 0.15) is 0 Å². The molecule has 5 nitrogen and oxygen atoms in total. The van der Waals surface area contributed by atoms with Gasteiger partial charge in [-0.2, -0.15) is 0 Å². The van der Waals surface area contributed by atoms with Crippen molar-refractivity contribution in [2.24, 2.45) is 5.92 Å². The Hall–Kier alpha value is -2.40. The maximum Gasteiger partial charge on any atom is 0.260 e. The number of imide groups is 1. The smallest absolute Gasteiger partial charge is 0.260 e. The summed E-state index contributed by atoms with van der Waals surface area (Å²) in [7, 11) is 0. The number of hydrogen-bond donors (Lipinski definition) is 2. The van der Waals surface area contributed by atoms with Crippen LogP contribution in [0.2, 0.25) is 0 Å². The first-order chi connectivity index (χ1) is 13.0. The number of benzene rings is 2. The van der Waals surface area contributed by atoms with Crippen LogP contribution in [0.15, 0.2) is 30.3 Å². The lowest BCUT2D eigenvalue weighted by Gasteiger charge is -2.30. The van der Waals surface area contributed by atoms with Crippen LogP contribution < -0.4 is 10.6 Å². The van der Waals surface area contributed by atoms with Gasteiger partial charge in [-0.25, -0.2) is 0 Å². The second-order valence-electron chi connectivity index (χ2n) is 7.94. The van der Waals surface area contributed by atoms with E-state index in [1.165, 1.54) is 0 Å². The molecule has 2 unspecified atom stereocenters. The number of hydrogen-bond acceptors (Lipinski definition) is 4. The van der Waals surface area contributed by atoms with E-state index in [4.69, 9.17) is 4.74 Å². The third kappa shape index (κ3) is 3.21. The zero-order valence-corrected chi connectivity index (χ0v) is 15.9. The van der Waals surface area contributed by atoms with Crippen LogP contribution >= 0.6 is 0 Å². The molecule has 1 fully saturated rings. The SMILES string of the molecule is CCCCC1(CNc2ccc3cccc4c3c2C(=O)NC4=O)CC(C)CO1. The molecule has 0 spiro atoms. The van der Waals surface area contributed by atoms with Crippen molar-refractivity contribution in [1.82, 2.24) is 5.32 Å². The Morgan fingerprint density at radius 3 is 2.81 bits per heavy atom. The van der Waals surface area contributed by atoms with Gasteiger partial charge in [-0.1, -0.05) is 44.9 Å². The van der Waals surface area contributed by atoms with Crippen LogP contribution in [-0.2, 0) is 4.74 Å². The Morgan fingerprint density at radius 1 is 1.22 bits per heavy atom. The van der Waals surface area contributed by atoms with E-state index in [0.29, 0.717) is 23.6 Å². The topological polar surface area (TPSA) is 67.4 Å². The van der Waals surface area contributed by atoms with Gasteiger partial charge in [0.15, 0.2) is 0 Å². The molecule has 2 heterocycles. The molecule has 0 saturated carbocycles. The Labute approximate surface area is 159 Å². The minimum Gasteiger partial charge on any atom is -0.381 e. The number of unbranched alkanes of at least 4 members (excludes halogenated alkanes) is 1. The predicted molar refractivity (Wildman–Crippen MR) is 106 cm³/mol. The molecule has 2 aromatic rings. The van der Waals surface area contributed by atoms with Gasteiger partial charge < -0.3 is 10.1 Å². The largest absolute Gasteiger partial charge is 0.381 e. The van der Waals surface area contributed by atoms with Crippen molar-refractivity contribution < 1.29 is 14.3 Å². The molecule has 2 atom stereocenters. The van der Waals surface area contributed by atoms with Crippen molar-refractivity contribution in [3.8, 4) is 0 Å².